The number of fused-ring (bicyclic) bond motifs is 1. The summed E-state index contributed by atoms with van der Waals surface area (Å²) >= 11 is 0. The lowest BCUT2D eigenvalue weighted by Crippen LogP contribution is -2.44. The second-order valence-corrected chi connectivity index (χ2v) is 5.28. The van der Waals surface area contributed by atoms with Crippen molar-refractivity contribution >= 4 is 17.4 Å². The molecule has 0 radical (unpaired) electrons. The third-order valence-corrected chi connectivity index (χ3v) is 3.80. The lowest BCUT2D eigenvalue weighted by molar-refractivity contribution is -0.120. The Balaban J connectivity index is 1.67. The number of carbonyl (C=O) groups excluding carboxylic acids is 1. The summed E-state index contributed by atoms with van der Waals surface area (Å²) in [6.45, 7) is 1.36. The van der Waals surface area contributed by atoms with Crippen LogP contribution in [0.2, 0.25) is 0 Å². The molecule has 1 aliphatic rings. The van der Waals surface area contributed by atoms with Gasteiger partial charge in [0, 0.05) is 26.3 Å². The van der Waals surface area contributed by atoms with E-state index in [1.807, 2.05) is 24.1 Å². The van der Waals surface area contributed by atoms with Crippen LogP contribution in [-0.4, -0.2) is 44.7 Å². The number of pyridine rings is 1. The maximum atomic E-state index is 12.5. The van der Waals surface area contributed by atoms with Crippen LogP contribution in [0.4, 0.5) is 11.5 Å². The van der Waals surface area contributed by atoms with E-state index in [4.69, 9.17) is 9.47 Å². The molecule has 6 nitrogen and oxygen atoms in total. The van der Waals surface area contributed by atoms with Crippen LogP contribution in [0.1, 0.15) is 0 Å². The summed E-state index contributed by atoms with van der Waals surface area (Å²) in [7, 11) is 3.58. The Kier molecular flexibility index (Phi) is 4.32. The molecule has 1 aromatic heterocycles. The number of hydrogen-bond acceptors (Lipinski definition) is 5. The van der Waals surface area contributed by atoms with Gasteiger partial charge in [-0.3, -0.25) is 4.79 Å². The number of aromatic nitrogens is 1. The van der Waals surface area contributed by atoms with Crippen LogP contribution in [-0.2, 0) is 4.79 Å². The van der Waals surface area contributed by atoms with E-state index in [-0.39, 0.29) is 12.5 Å². The number of benzene rings is 1. The summed E-state index contributed by atoms with van der Waals surface area (Å²) in [4.78, 5) is 20.6. The van der Waals surface area contributed by atoms with Crippen molar-refractivity contribution in [3.05, 3.63) is 42.6 Å². The number of nitrogens with zero attached hydrogens (tertiary/aromatic N) is 3. The van der Waals surface area contributed by atoms with E-state index in [0.29, 0.717) is 12.3 Å². The van der Waals surface area contributed by atoms with E-state index < -0.39 is 0 Å². The molecule has 0 fully saturated rings. The third kappa shape index (κ3) is 3.21. The molecule has 0 unspecified atom stereocenters. The maximum Gasteiger partial charge on any atom is 0.265 e. The number of ether oxygens (including phenoxy) is 2. The minimum absolute atomic E-state index is 0.00955. The molecule has 0 saturated heterocycles. The van der Waals surface area contributed by atoms with Crippen LogP contribution >= 0.6 is 0 Å². The molecular formula is C17H19N3O3. The maximum absolute atomic E-state index is 12.5. The second-order valence-electron chi connectivity index (χ2n) is 5.28. The highest BCUT2D eigenvalue weighted by atomic mass is 16.5. The number of rotatable bonds is 4. The van der Waals surface area contributed by atoms with Crippen LogP contribution < -0.4 is 19.3 Å². The number of likely N-dealkylation sites (N-methyl/N-ethyl adjacent to an activating group) is 1. The lowest BCUT2D eigenvalue weighted by atomic mass is 10.2. The van der Waals surface area contributed by atoms with Crippen molar-refractivity contribution in [3.63, 3.8) is 0 Å². The summed E-state index contributed by atoms with van der Waals surface area (Å²) in [6.07, 6.45) is 1.73. The van der Waals surface area contributed by atoms with E-state index in [1.165, 1.54) is 0 Å². The Labute approximate surface area is 135 Å². The van der Waals surface area contributed by atoms with Gasteiger partial charge in [-0.1, -0.05) is 0 Å². The zero-order valence-electron chi connectivity index (χ0n) is 13.2. The fourth-order valence-corrected chi connectivity index (χ4v) is 2.52. The van der Waals surface area contributed by atoms with Crippen LogP contribution in [0.15, 0.2) is 42.6 Å². The van der Waals surface area contributed by atoms with Gasteiger partial charge in [0.1, 0.15) is 11.5 Å². The minimum atomic E-state index is -0.0804. The Morgan fingerprint density at radius 2 is 1.91 bits per heavy atom. The van der Waals surface area contributed by atoms with E-state index in [1.54, 1.807) is 42.5 Å². The number of amides is 1. The van der Waals surface area contributed by atoms with Crippen LogP contribution in [0.3, 0.4) is 0 Å². The number of hydrogen-bond donors (Lipinski definition) is 0. The van der Waals surface area contributed by atoms with Gasteiger partial charge in [0.2, 0.25) is 0 Å². The quantitative estimate of drug-likeness (QED) is 0.863. The smallest absolute Gasteiger partial charge is 0.265 e. The highest BCUT2D eigenvalue weighted by molar-refractivity contribution is 5.98. The molecule has 0 saturated carbocycles. The summed E-state index contributed by atoms with van der Waals surface area (Å²) in [5.74, 6) is 2.13. The first-order valence-corrected chi connectivity index (χ1v) is 7.42. The third-order valence-electron chi connectivity index (χ3n) is 3.80. The molecule has 3 rings (SSSR count). The van der Waals surface area contributed by atoms with Gasteiger partial charge in [0.25, 0.3) is 5.91 Å². The average Bonchev–Trinajstić information content (AvgIpc) is 2.60. The molecule has 0 spiro atoms. The molecule has 0 atom stereocenters. The fourth-order valence-electron chi connectivity index (χ4n) is 2.52. The first-order chi connectivity index (χ1) is 11.2. The monoisotopic (exact) mass is 313 g/mol. The van der Waals surface area contributed by atoms with Gasteiger partial charge in [0.15, 0.2) is 12.4 Å². The normalized spacial score (nSPS) is 13.5. The molecule has 1 amide bonds. The zero-order valence-corrected chi connectivity index (χ0v) is 13.2. The van der Waals surface area contributed by atoms with Crippen molar-refractivity contribution in [2.45, 2.75) is 0 Å². The first-order valence-electron chi connectivity index (χ1n) is 7.42. The lowest BCUT2D eigenvalue weighted by Gasteiger charge is -2.34. The molecule has 1 aromatic carbocycles. The second kappa shape index (κ2) is 6.56. The predicted molar refractivity (Wildman–Crippen MR) is 88.3 cm³/mol. The van der Waals surface area contributed by atoms with Crippen molar-refractivity contribution in [2.24, 2.45) is 0 Å². The van der Waals surface area contributed by atoms with E-state index >= 15 is 0 Å². The molecule has 2 heterocycles. The van der Waals surface area contributed by atoms with Gasteiger partial charge in [-0.05, 0) is 36.4 Å². The van der Waals surface area contributed by atoms with Crippen molar-refractivity contribution in [2.75, 3.05) is 43.7 Å². The van der Waals surface area contributed by atoms with Crippen LogP contribution in [0.5, 0.6) is 11.5 Å². The molecule has 0 aliphatic carbocycles. The van der Waals surface area contributed by atoms with Gasteiger partial charge in [-0.15, -0.1) is 0 Å². The van der Waals surface area contributed by atoms with Crippen molar-refractivity contribution < 1.29 is 14.3 Å². The van der Waals surface area contributed by atoms with Crippen molar-refractivity contribution in [1.29, 1.82) is 0 Å². The summed E-state index contributed by atoms with van der Waals surface area (Å²) < 4.78 is 10.7. The Morgan fingerprint density at radius 3 is 2.65 bits per heavy atom. The van der Waals surface area contributed by atoms with Crippen LogP contribution in [0, 0.1) is 0 Å². The molecule has 1 aliphatic heterocycles. The van der Waals surface area contributed by atoms with Gasteiger partial charge in [-0.25, -0.2) is 4.98 Å². The van der Waals surface area contributed by atoms with E-state index in [0.717, 1.165) is 23.8 Å². The fraction of sp³-hybridized carbons (Fsp3) is 0.294. The first kappa shape index (κ1) is 15.1. The Bertz CT molecular complexity index is 688. The molecule has 0 N–H and O–H groups in total. The van der Waals surface area contributed by atoms with Gasteiger partial charge in [0.05, 0.1) is 12.8 Å². The number of anilines is 2. The van der Waals surface area contributed by atoms with E-state index in [2.05, 4.69) is 4.98 Å². The molecule has 23 heavy (non-hydrogen) atoms. The topological polar surface area (TPSA) is 54.9 Å². The molecule has 6 heteroatoms. The van der Waals surface area contributed by atoms with Gasteiger partial charge in [-0.2, -0.15) is 0 Å². The number of carbonyl (C=O) groups is 1. The van der Waals surface area contributed by atoms with Gasteiger partial charge >= 0.3 is 0 Å². The standard InChI is InChI=1S/C17H19N3O3/c1-19-10-11-20(15-4-3-9-18-17(15)19)16(21)12-23-14-7-5-13(22-2)6-8-14/h3-9H,10-12H2,1-2H3. The summed E-state index contributed by atoms with van der Waals surface area (Å²) in [5, 5.41) is 0. The summed E-state index contributed by atoms with van der Waals surface area (Å²) in [6, 6.07) is 10.9. The average molecular weight is 313 g/mol. The Morgan fingerprint density at radius 1 is 1.17 bits per heavy atom. The molecular weight excluding hydrogens is 294 g/mol. The molecule has 120 valence electrons. The van der Waals surface area contributed by atoms with Crippen LogP contribution in [0.25, 0.3) is 0 Å². The molecule has 0 bridgehead atoms. The van der Waals surface area contributed by atoms with Gasteiger partial charge < -0.3 is 19.3 Å². The SMILES string of the molecule is COc1ccc(OCC(=O)N2CCN(C)c3ncccc32)cc1. The minimum Gasteiger partial charge on any atom is -0.497 e. The van der Waals surface area contributed by atoms with Crippen molar-refractivity contribution in [1.82, 2.24) is 4.98 Å². The molecule has 2 aromatic rings. The predicted octanol–water partition coefficient (Wildman–Crippen LogP) is 1.95. The number of methoxy groups -OCH3 is 1. The zero-order chi connectivity index (χ0) is 16.2. The Hall–Kier alpha value is -2.76. The summed E-state index contributed by atoms with van der Waals surface area (Å²) in [5.41, 5.74) is 0.824. The highest BCUT2D eigenvalue weighted by Gasteiger charge is 2.26. The van der Waals surface area contributed by atoms with E-state index in [9.17, 15) is 4.79 Å². The highest BCUT2D eigenvalue weighted by Crippen LogP contribution is 2.29. The largest absolute Gasteiger partial charge is 0.497 e. The van der Waals surface area contributed by atoms with Crippen molar-refractivity contribution in [3.8, 4) is 11.5 Å².